The minimum atomic E-state index is 0.699. The van der Waals surface area contributed by atoms with Crippen LogP contribution in [0.25, 0.3) is 10.6 Å². The third kappa shape index (κ3) is 4.37. The van der Waals surface area contributed by atoms with Gasteiger partial charge in [-0.15, -0.1) is 11.3 Å². The molecule has 1 saturated heterocycles. The van der Waals surface area contributed by atoms with E-state index in [-0.39, 0.29) is 0 Å². The highest BCUT2D eigenvalue weighted by molar-refractivity contribution is 7.13. The van der Waals surface area contributed by atoms with Gasteiger partial charge in [0.05, 0.1) is 18.0 Å². The van der Waals surface area contributed by atoms with Crippen LogP contribution >= 0.6 is 11.3 Å². The largest absolute Gasteiger partial charge is 0.492 e. The molecular weight excluding hydrogens is 366 g/mol. The summed E-state index contributed by atoms with van der Waals surface area (Å²) in [6.45, 7) is 9.87. The topological polar surface area (TPSA) is 28.6 Å². The summed E-state index contributed by atoms with van der Waals surface area (Å²) in [5.74, 6) is 0.987. The van der Waals surface area contributed by atoms with E-state index in [1.54, 1.807) is 11.3 Å². The van der Waals surface area contributed by atoms with Crippen molar-refractivity contribution in [1.29, 1.82) is 0 Å². The lowest BCUT2D eigenvalue weighted by molar-refractivity contribution is 0.246. The summed E-state index contributed by atoms with van der Waals surface area (Å²) in [5, 5.41) is 3.31. The van der Waals surface area contributed by atoms with Crippen LogP contribution in [0.15, 0.2) is 53.9 Å². The van der Waals surface area contributed by atoms with E-state index >= 15 is 0 Å². The summed E-state index contributed by atoms with van der Waals surface area (Å²) in [6.07, 6.45) is 0. The van der Waals surface area contributed by atoms with Gasteiger partial charge < -0.3 is 9.64 Å². The summed E-state index contributed by atoms with van der Waals surface area (Å²) in [6, 6.07) is 17.0. The van der Waals surface area contributed by atoms with Crippen molar-refractivity contribution in [1.82, 2.24) is 9.88 Å². The number of hydrogen-bond donors (Lipinski definition) is 0. The Morgan fingerprint density at radius 3 is 2.50 bits per heavy atom. The highest BCUT2D eigenvalue weighted by Crippen LogP contribution is 2.29. The predicted molar refractivity (Wildman–Crippen MR) is 117 cm³/mol. The summed E-state index contributed by atoms with van der Waals surface area (Å²) in [5.41, 5.74) is 4.87. The van der Waals surface area contributed by atoms with Gasteiger partial charge in [-0.2, -0.15) is 0 Å². The molecule has 0 bridgehead atoms. The van der Waals surface area contributed by atoms with Crippen molar-refractivity contribution in [2.75, 3.05) is 37.7 Å². The molecule has 1 aromatic heterocycles. The molecule has 5 heteroatoms. The van der Waals surface area contributed by atoms with E-state index in [1.165, 1.54) is 22.5 Å². The maximum atomic E-state index is 5.80. The van der Waals surface area contributed by atoms with Gasteiger partial charge in [0.2, 0.25) is 0 Å². The quantitative estimate of drug-likeness (QED) is 0.599. The number of nitrogens with zero attached hydrogens (tertiary/aromatic N) is 3. The number of thiazole rings is 1. The number of aromatic nitrogens is 1. The second kappa shape index (κ2) is 8.76. The first-order chi connectivity index (χ1) is 13.7. The number of piperazine rings is 1. The zero-order valence-electron chi connectivity index (χ0n) is 16.6. The van der Waals surface area contributed by atoms with E-state index in [0.717, 1.165) is 43.5 Å². The Balaban J connectivity index is 1.36. The third-order valence-electron chi connectivity index (χ3n) is 5.11. The molecule has 28 heavy (non-hydrogen) atoms. The molecule has 0 N–H and O–H groups in total. The van der Waals surface area contributed by atoms with Crippen LogP contribution < -0.4 is 9.64 Å². The first-order valence-electron chi connectivity index (χ1n) is 9.93. The molecule has 0 saturated carbocycles. The molecular formula is C23H27N3OS. The fourth-order valence-electron chi connectivity index (χ4n) is 3.58. The third-order valence-corrected chi connectivity index (χ3v) is 6.05. The summed E-state index contributed by atoms with van der Waals surface area (Å²) in [4.78, 5) is 9.79. The number of anilines is 1. The second-order valence-electron chi connectivity index (χ2n) is 7.17. The summed E-state index contributed by atoms with van der Waals surface area (Å²) >= 11 is 1.74. The predicted octanol–water partition coefficient (Wildman–Crippen LogP) is 4.84. The smallest absolute Gasteiger partial charge is 0.142 e. The summed E-state index contributed by atoms with van der Waals surface area (Å²) in [7, 11) is 0. The molecule has 146 valence electrons. The molecule has 4 rings (SSSR count). The molecule has 1 aliphatic rings. The first kappa shape index (κ1) is 19.0. The molecule has 0 radical (unpaired) electrons. The van der Waals surface area contributed by atoms with Gasteiger partial charge in [0.1, 0.15) is 10.8 Å². The van der Waals surface area contributed by atoms with Crippen molar-refractivity contribution in [3.8, 4) is 16.3 Å². The van der Waals surface area contributed by atoms with Crippen molar-refractivity contribution in [3.63, 3.8) is 0 Å². The van der Waals surface area contributed by atoms with E-state index in [9.17, 15) is 0 Å². The zero-order valence-corrected chi connectivity index (χ0v) is 17.4. The van der Waals surface area contributed by atoms with Crippen molar-refractivity contribution < 1.29 is 4.74 Å². The molecule has 1 aliphatic heterocycles. The van der Waals surface area contributed by atoms with Crippen molar-refractivity contribution >= 4 is 17.0 Å². The Morgan fingerprint density at radius 1 is 1.00 bits per heavy atom. The number of rotatable bonds is 6. The SMILES string of the molecule is CCOc1ccccc1N1CCN(Cc2csc(-c3ccc(C)cc3)n2)CC1. The highest BCUT2D eigenvalue weighted by Gasteiger charge is 2.20. The average Bonchev–Trinajstić information content (AvgIpc) is 3.18. The van der Waals surface area contributed by atoms with Gasteiger partial charge in [0.15, 0.2) is 0 Å². The zero-order chi connectivity index (χ0) is 19.3. The maximum Gasteiger partial charge on any atom is 0.142 e. The molecule has 1 fully saturated rings. The van der Waals surface area contributed by atoms with Crippen LogP contribution in [0.4, 0.5) is 5.69 Å². The number of hydrogen-bond acceptors (Lipinski definition) is 5. The van der Waals surface area contributed by atoms with Gasteiger partial charge in [-0.25, -0.2) is 4.98 Å². The summed E-state index contributed by atoms with van der Waals surface area (Å²) < 4.78 is 5.80. The van der Waals surface area contributed by atoms with Crippen LogP contribution in [0.5, 0.6) is 5.75 Å². The lowest BCUT2D eigenvalue weighted by Gasteiger charge is -2.36. The van der Waals surface area contributed by atoms with E-state index in [1.807, 2.05) is 13.0 Å². The Kier molecular flexibility index (Phi) is 5.93. The van der Waals surface area contributed by atoms with Gasteiger partial charge >= 0.3 is 0 Å². The fourth-order valence-corrected chi connectivity index (χ4v) is 4.40. The van der Waals surface area contributed by atoms with E-state index in [2.05, 4.69) is 64.6 Å². The highest BCUT2D eigenvalue weighted by atomic mass is 32.1. The normalized spacial score (nSPS) is 15.0. The molecule has 0 amide bonds. The molecule has 3 aromatic rings. The van der Waals surface area contributed by atoms with E-state index < -0.39 is 0 Å². The Hall–Kier alpha value is -2.37. The second-order valence-corrected chi connectivity index (χ2v) is 8.03. The van der Waals surface area contributed by atoms with Gasteiger partial charge in [-0.1, -0.05) is 42.0 Å². The van der Waals surface area contributed by atoms with Crippen LogP contribution in [-0.4, -0.2) is 42.7 Å². The first-order valence-corrected chi connectivity index (χ1v) is 10.8. The van der Waals surface area contributed by atoms with Gasteiger partial charge in [-0.05, 0) is 26.0 Å². The minimum Gasteiger partial charge on any atom is -0.492 e. The Bertz CT molecular complexity index is 898. The fraction of sp³-hybridized carbons (Fsp3) is 0.348. The van der Waals surface area contributed by atoms with E-state index in [4.69, 9.17) is 9.72 Å². The van der Waals surface area contributed by atoms with Gasteiger partial charge in [-0.3, -0.25) is 4.90 Å². The monoisotopic (exact) mass is 393 g/mol. The van der Waals surface area contributed by atoms with Crippen LogP contribution in [0.1, 0.15) is 18.2 Å². The maximum absolute atomic E-state index is 5.80. The average molecular weight is 394 g/mol. The molecule has 0 atom stereocenters. The van der Waals surface area contributed by atoms with E-state index in [0.29, 0.717) is 6.61 Å². The molecule has 2 aromatic carbocycles. The van der Waals surface area contributed by atoms with Crippen LogP contribution in [-0.2, 0) is 6.54 Å². The molecule has 0 unspecified atom stereocenters. The van der Waals surface area contributed by atoms with Gasteiger partial charge in [0.25, 0.3) is 0 Å². The van der Waals surface area contributed by atoms with Gasteiger partial charge in [0, 0.05) is 43.7 Å². The van der Waals surface area contributed by atoms with Crippen LogP contribution in [0, 0.1) is 6.92 Å². The molecule has 4 nitrogen and oxygen atoms in total. The number of benzene rings is 2. The minimum absolute atomic E-state index is 0.699. The lowest BCUT2D eigenvalue weighted by atomic mass is 10.2. The Morgan fingerprint density at radius 2 is 1.75 bits per heavy atom. The number of ether oxygens (including phenoxy) is 1. The molecule has 2 heterocycles. The molecule has 0 spiro atoms. The number of para-hydroxylation sites is 2. The molecule has 0 aliphatic carbocycles. The van der Waals surface area contributed by atoms with Crippen LogP contribution in [0.3, 0.4) is 0 Å². The van der Waals surface area contributed by atoms with Crippen molar-refractivity contribution in [3.05, 3.63) is 65.2 Å². The Labute approximate surface area is 171 Å². The van der Waals surface area contributed by atoms with Crippen molar-refractivity contribution in [2.45, 2.75) is 20.4 Å². The lowest BCUT2D eigenvalue weighted by Crippen LogP contribution is -2.46. The van der Waals surface area contributed by atoms with Crippen molar-refractivity contribution in [2.24, 2.45) is 0 Å². The standard InChI is InChI=1S/C23H27N3OS/c1-3-27-22-7-5-4-6-21(22)26-14-12-25(13-15-26)16-20-17-28-23(24-20)19-10-8-18(2)9-11-19/h4-11,17H,3,12-16H2,1-2H3. The van der Waals surface area contributed by atoms with Crippen LogP contribution in [0.2, 0.25) is 0 Å². The number of aryl methyl sites for hydroxylation is 1.